The summed E-state index contributed by atoms with van der Waals surface area (Å²) in [6.45, 7) is 1.56. The number of aromatic amines is 1. The number of ether oxygens (including phenoxy) is 1. The van der Waals surface area contributed by atoms with Gasteiger partial charge in [-0.25, -0.2) is 4.79 Å². The summed E-state index contributed by atoms with van der Waals surface area (Å²) in [4.78, 5) is 30.4. The van der Waals surface area contributed by atoms with Crippen LogP contribution in [0.3, 0.4) is 0 Å². The van der Waals surface area contributed by atoms with Crippen molar-refractivity contribution < 1.29 is 14.3 Å². The van der Waals surface area contributed by atoms with Gasteiger partial charge >= 0.3 is 6.09 Å². The predicted octanol–water partition coefficient (Wildman–Crippen LogP) is 1.63. The first-order valence-electron chi connectivity index (χ1n) is 7.18. The van der Waals surface area contributed by atoms with Crippen LogP contribution in [0.5, 0.6) is 0 Å². The Morgan fingerprint density at radius 1 is 1.35 bits per heavy atom. The average Bonchev–Trinajstić information content (AvgIpc) is 2.89. The highest BCUT2D eigenvalue weighted by Crippen LogP contribution is 2.22. The summed E-state index contributed by atoms with van der Waals surface area (Å²) in [5.41, 5.74) is 6.35. The number of primary amides is 1. The van der Waals surface area contributed by atoms with E-state index in [1.807, 2.05) is 18.0 Å². The van der Waals surface area contributed by atoms with Crippen LogP contribution in [0.1, 0.15) is 10.5 Å². The van der Waals surface area contributed by atoms with E-state index < -0.39 is 12.3 Å². The van der Waals surface area contributed by atoms with Crippen LogP contribution in [0, 0.1) is 0 Å². The van der Waals surface area contributed by atoms with E-state index >= 15 is 0 Å². The Labute approximate surface area is 137 Å². The van der Waals surface area contributed by atoms with Gasteiger partial charge in [0.15, 0.2) is 6.23 Å². The summed E-state index contributed by atoms with van der Waals surface area (Å²) in [6, 6.07) is 7.09. The molecule has 23 heavy (non-hydrogen) atoms. The first-order valence-corrected chi connectivity index (χ1v) is 7.56. The molecule has 1 aliphatic rings. The number of amides is 2. The number of nitrogens with one attached hydrogen (secondary N) is 1. The second-order valence-electron chi connectivity index (χ2n) is 5.57. The van der Waals surface area contributed by atoms with Crippen LogP contribution in [-0.2, 0) is 4.74 Å². The van der Waals surface area contributed by atoms with Gasteiger partial charge in [0.25, 0.3) is 5.91 Å². The molecule has 1 aromatic carbocycles. The molecule has 122 valence electrons. The molecule has 0 radical (unpaired) electrons. The van der Waals surface area contributed by atoms with Crippen molar-refractivity contribution in [3.8, 4) is 0 Å². The van der Waals surface area contributed by atoms with Crippen LogP contribution in [0.15, 0.2) is 24.3 Å². The molecule has 1 fully saturated rings. The van der Waals surface area contributed by atoms with Crippen molar-refractivity contribution in [3.63, 3.8) is 0 Å². The molecular weight excluding hydrogens is 320 g/mol. The van der Waals surface area contributed by atoms with Gasteiger partial charge in [0.05, 0.1) is 6.54 Å². The van der Waals surface area contributed by atoms with Gasteiger partial charge in [0.1, 0.15) is 5.69 Å². The summed E-state index contributed by atoms with van der Waals surface area (Å²) in [5, 5.41) is 1.45. The van der Waals surface area contributed by atoms with Gasteiger partial charge in [0, 0.05) is 29.0 Å². The van der Waals surface area contributed by atoms with Gasteiger partial charge in [0.2, 0.25) is 0 Å². The number of piperazine rings is 1. The third-order valence-corrected chi connectivity index (χ3v) is 4.10. The van der Waals surface area contributed by atoms with Crippen LogP contribution >= 0.6 is 11.6 Å². The second kappa shape index (κ2) is 6.10. The minimum absolute atomic E-state index is 0.239. The molecule has 3 N–H and O–H groups in total. The summed E-state index contributed by atoms with van der Waals surface area (Å²) in [6.07, 6.45) is -1.60. The molecule has 2 amide bonds. The van der Waals surface area contributed by atoms with Crippen molar-refractivity contribution in [1.29, 1.82) is 0 Å². The monoisotopic (exact) mass is 336 g/mol. The van der Waals surface area contributed by atoms with Crippen LogP contribution < -0.4 is 5.73 Å². The third-order valence-electron chi connectivity index (χ3n) is 3.86. The summed E-state index contributed by atoms with van der Waals surface area (Å²) in [7, 11) is 1.89. The van der Waals surface area contributed by atoms with Crippen molar-refractivity contribution in [2.75, 3.05) is 26.7 Å². The van der Waals surface area contributed by atoms with E-state index in [-0.39, 0.29) is 5.91 Å². The second-order valence-corrected chi connectivity index (χ2v) is 6.00. The molecule has 7 nitrogen and oxygen atoms in total. The number of benzene rings is 1. The smallest absolute Gasteiger partial charge is 0.406 e. The van der Waals surface area contributed by atoms with E-state index in [2.05, 4.69) is 4.98 Å². The largest absolute Gasteiger partial charge is 0.424 e. The number of nitrogens with zero attached hydrogens (tertiary/aromatic N) is 2. The molecule has 0 bridgehead atoms. The quantitative estimate of drug-likeness (QED) is 0.872. The van der Waals surface area contributed by atoms with Crippen LogP contribution in [0.4, 0.5) is 4.79 Å². The third kappa shape index (κ3) is 3.25. The molecule has 8 heteroatoms. The zero-order valence-corrected chi connectivity index (χ0v) is 13.3. The lowest BCUT2D eigenvalue weighted by molar-refractivity contribution is -0.0403. The maximum absolute atomic E-state index is 12.8. The molecule has 0 aliphatic carbocycles. The molecule has 0 spiro atoms. The number of fused-ring (bicyclic) bond motifs is 1. The Morgan fingerprint density at radius 2 is 2.13 bits per heavy atom. The molecule has 0 saturated carbocycles. The predicted molar refractivity (Wildman–Crippen MR) is 86.3 cm³/mol. The Morgan fingerprint density at radius 3 is 2.87 bits per heavy atom. The maximum atomic E-state index is 12.8. The number of carbonyl (C=O) groups is 2. The Balaban J connectivity index is 1.87. The van der Waals surface area contributed by atoms with Crippen LogP contribution in [0.25, 0.3) is 10.9 Å². The molecule has 3 rings (SSSR count). The molecule has 1 aromatic heterocycles. The summed E-state index contributed by atoms with van der Waals surface area (Å²) in [5.74, 6) is -0.239. The fourth-order valence-corrected chi connectivity index (χ4v) is 2.90. The first kappa shape index (κ1) is 15.6. The van der Waals surface area contributed by atoms with Gasteiger partial charge in [-0.15, -0.1) is 0 Å². The fraction of sp³-hybridized carbons (Fsp3) is 0.333. The fourth-order valence-electron chi connectivity index (χ4n) is 2.72. The van der Waals surface area contributed by atoms with Crippen LogP contribution in [0.2, 0.25) is 5.02 Å². The van der Waals surface area contributed by atoms with E-state index in [9.17, 15) is 9.59 Å². The number of aromatic nitrogens is 1. The molecule has 2 aromatic rings. The number of H-pyrrole nitrogens is 1. The highest BCUT2D eigenvalue weighted by Gasteiger charge is 2.32. The number of hydrogen-bond acceptors (Lipinski definition) is 4. The van der Waals surface area contributed by atoms with E-state index in [0.29, 0.717) is 30.4 Å². The van der Waals surface area contributed by atoms with Crippen molar-refractivity contribution in [2.45, 2.75) is 6.23 Å². The highest BCUT2D eigenvalue weighted by atomic mass is 35.5. The normalized spacial score (nSPS) is 19.0. The Hall–Kier alpha value is -2.25. The number of nitrogens with two attached hydrogens (primary N) is 1. The van der Waals surface area contributed by atoms with Crippen molar-refractivity contribution in [3.05, 3.63) is 35.0 Å². The Kier molecular flexibility index (Phi) is 4.14. The van der Waals surface area contributed by atoms with Gasteiger partial charge in [-0.2, -0.15) is 0 Å². The average molecular weight is 337 g/mol. The van der Waals surface area contributed by atoms with E-state index in [1.54, 1.807) is 18.2 Å². The molecular formula is C15H17ClN4O3. The molecule has 1 saturated heterocycles. The maximum Gasteiger partial charge on any atom is 0.406 e. The molecule has 1 aliphatic heterocycles. The topological polar surface area (TPSA) is 91.7 Å². The lowest BCUT2D eigenvalue weighted by Gasteiger charge is -2.38. The molecule has 1 atom stereocenters. The number of rotatable bonds is 2. The van der Waals surface area contributed by atoms with Gasteiger partial charge in [-0.05, 0) is 31.3 Å². The van der Waals surface area contributed by atoms with E-state index in [0.717, 1.165) is 10.9 Å². The van der Waals surface area contributed by atoms with Gasteiger partial charge in [-0.3, -0.25) is 14.6 Å². The molecule has 1 unspecified atom stereocenters. The van der Waals surface area contributed by atoms with Crippen molar-refractivity contribution in [1.82, 2.24) is 14.8 Å². The van der Waals surface area contributed by atoms with Crippen molar-refractivity contribution >= 4 is 34.5 Å². The summed E-state index contributed by atoms with van der Waals surface area (Å²) < 4.78 is 5.08. The zero-order valence-electron chi connectivity index (χ0n) is 12.6. The number of hydrogen-bond donors (Lipinski definition) is 2. The standard InChI is InChI=1S/C15H17ClN4O3/c1-19-4-5-20(13(8-19)23-15(17)22)14(21)12-7-9-6-10(16)2-3-11(9)18-12/h2-3,6-7,13,18H,4-5,8H2,1H3,(H2,17,22). The minimum Gasteiger partial charge on any atom is -0.424 e. The lowest BCUT2D eigenvalue weighted by atomic mass is 10.2. The number of likely N-dealkylation sites (N-methyl/N-ethyl adjacent to an activating group) is 1. The lowest BCUT2D eigenvalue weighted by Crippen LogP contribution is -2.56. The Bertz CT molecular complexity index is 760. The summed E-state index contributed by atoms with van der Waals surface area (Å²) >= 11 is 5.97. The van der Waals surface area contributed by atoms with Crippen molar-refractivity contribution in [2.24, 2.45) is 5.73 Å². The number of halogens is 1. The number of carbonyl (C=O) groups excluding carboxylic acids is 2. The van der Waals surface area contributed by atoms with Gasteiger partial charge < -0.3 is 15.5 Å². The highest BCUT2D eigenvalue weighted by molar-refractivity contribution is 6.31. The van der Waals surface area contributed by atoms with E-state index in [4.69, 9.17) is 22.1 Å². The first-order chi connectivity index (χ1) is 10.9. The van der Waals surface area contributed by atoms with Crippen LogP contribution in [-0.4, -0.2) is 59.7 Å². The zero-order chi connectivity index (χ0) is 16.6. The SMILES string of the molecule is CN1CCN(C(=O)c2cc3cc(Cl)ccc3[nH]2)C(OC(N)=O)C1. The molecule has 2 heterocycles. The van der Waals surface area contributed by atoms with E-state index in [1.165, 1.54) is 4.90 Å². The van der Waals surface area contributed by atoms with Gasteiger partial charge in [-0.1, -0.05) is 11.6 Å². The minimum atomic E-state index is -0.897.